The zero-order chi connectivity index (χ0) is 15.6. The van der Waals surface area contributed by atoms with Crippen molar-refractivity contribution in [3.63, 3.8) is 0 Å². The van der Waals surface area contributed by atoms with Gasteiger partial charge in [-0.3, -0.25) is 4.79 Å². The Kier molecular flexibility index (Phi) is 4.87. The second-order valence-corrected chi connectivity index (χ2v) is 6.24. The van der Waals surface area contributed by atoms with Crippen LogP contribution in [0.4, 0.5) is 0 Å². The molecule has 1 aromatic heterocycles. The molecule has 2 N–H and O–H groups in total. The van der Waals surface area contributed by atoms with Crippen molar-refractivity contribution in [2.45, 2.75) is 20.3 Å². The molecule has 0 fully saturated rings. The smallest absolute Gasteiger partial charge is 0.264 e. The number of halogens is 1. The van der Waals surface area contributed by atoms with Crippen LogP contribution in [0.5, 0.6) is 11.5 Å². The average Bonchev–Trinajstić information content (AvgIpc) is 2.43. The van der Waals surface area contributed by atoms with E-state index >= 15 is 0 Å². The number of aromatic hydroxyl groups is 1. The van der Waals surface area contributed by atoms with Crippen LogP contribution in [0.2, 0.25) is 0 Å². The number of methoxy groups -OCH3 is 1. The van der Waals surface area contributed by atoms with Crippen molar-refractivity contribution in [1.29, 1.82) is 0 Å². The quantitative estimate of drug-likeness (QED) is 0.774. The van der Waals surface area contributed by atoms with E-state index in [-0.39, 0.29) is 11.3 Å². The second kappa shape index (κ2) is 6.46. The van der Waals surface area contributed by atoms with Crippen LogP contribution in [0.15, 0.2) is 23.0 Å². The van der Waals surface area contributed by atoms with Gasteiger partial charge in [-0.15, -0.1) is 0 Å². The summed E-state index contributed by atoms with van der Waals surface area (Å²) in [7, 11) is 1.49. The summed E-state index contributed by atoms with van der Waals surface area (Å²) in [5.41, 5.74) is 1.26. The Hall–Kier alpha value is -1.57. The number of aromatic amines is 1. The first-order chi connectivity index (χ1) is 9.92. The van der Waals surface area contributed by atoms with E-state index in [0.29, 0.717) is 26.6 Å². The number of ether oxygens (including phenoxy) is 1. The number of nitrogens with one attached hydrogen (secondary N) is 1. The molecule has 0 aliphatic rings. The van der Waals surface area contributed by atoms with E-state index in [2.05, 4.69) is 23.8 Å². The van der Waals surface area contributed by atoms with Gasteiger partial charge in [-0.2, -0.15) is 0 Å². The van der Waals surface area contributed by atoms with Gasteiger partial charge in [0.2, 0.25) is 0 Å². The van der Waals surface area contributed by atoms with E-state index in [1.165, 1.54) is 13.2 Å². The van der Waals surface area contributed by atoms with Crippen LogP contribution >= 0.6 is 22.6 Å². The molecular formula is C15H17IN2O3. The molecule has 1 aromatic carbocycles. The largest absolute Gasteiger partial charge is 0.504 e. The number of aromatic nitrogens is 2. The number of phenols is 1. The molecule has 0 bridgehead atoms. The summed E-state index contributed by atoms with van der Waals surface area (Å²) in [4.78, 5) is 19.3. The van der Waals surface area contributed by atoms with Crippen molar-refractivity contribution in [1.82, 2.24) is 9.97 Å². The molecule has 0 spiro atoms. The zero-order valence-electron chi connectivity index (χ0n) is 12.1. The minimum Gasteiger partial charge on any atom is -0.504 e. The van der Waals surface area contributed by atoms with E-state index in [1.807, 2.05) is 22.6 Å². The number of phenolic OH excluding ortho intramolecular Hbond substituents is 1. The molecular weight excluding hydrogens is 383 g/mol. The standard InChI is InChI=1S/C15H17IN2O3/c1-8(2)6-10-13(16)15(20)18-14(17-10)9-4-5-12(21-3)11(19)7-9/h4-5,7-8,19H,6H2,1-3H3,(H,17,18,20). The third kappa shape index (κ3) is 3.55. The van der Waals surface area contributed by atoms with Crippen LogP contribution in [0, 0.1) is 9.49 Å². The van der Waals surface area contributed by atoms with Crippen LogP contribution in [0.25, 0.3) is 11.4 Å². The van der Waals surface area contributed by atoms with Crippen molar-refractivity contribution < 1.29 is 9.84 Å². The molecule has 0 amide bonds. The molecule has 21 heavy (non-hydrogen) atoms. The Morgan fingerprint density at radius 3 is 2.71 bits per heavy atom. The van der Waals surface area contributed by atoms with E-state index in [9.17, 15) is 9.90 Å². The molecule has 0 aliphatic heterocycles. The van der Waals surface area contributed by atoms with Crippen molar-refractivity contribution in [2.75, 3.05) is 7.11 Å². The summed E-state index contributed by atoms with van der Waals surface area (Å²) in [6.07, 6.45) is 0.733. The molecule has 0 radical (unpaired) electrons. The first-order valence-electron chi connectivity index (χ1n) is 6.58. The average molecular weight is 400 g/mol. The minimum absolute atomic E-state index is 0.0154. The summed E-state index contributed by atoms with van der Waals surface area (Å²) < 4.78 is 5.63. The number of benzene rings is 1. The van der Waals surface area contributed by atoms with Crippen LogP contribution in [0.3, 0.4) is 0 Å². The van der Waals surface area contributed by atoms with Gasteiger partial charge in [0, 0.05) is 5.56 Å². The Morgan fingerprint density at radius 2 is 2.14 bits per heavy atom. The maximum atomic E-state index is 12.0. The van der Waals surface area contributed by atoms with Crippen molar-refractivity contribution in [3.8, 4) is 22.9 Å². The van der Waals surface area contributed by atoms with E-state index in [1.54, 1.807) is 12.1 Å². The third-order valence-corrected chi connectivity index (χ3v) is 4.10. The van der Waals surface area contributed by atoms with Crippen LogP contribution < -0.4 is 10.3 Å². The Balaban J connectivity index is 2.51. The van der Waals surface area contributed by atoms with Gasteiger partial charge in [0.1, 0.15) is 5.82 Å². The maximum Gasteiger partial charge on any atom is 0.264 e. The molecule has 1 heterocycles. The topological polar surface area (TPSA) is 75.2 Å². The first kappa shape index (κ1) is 15.8. The predicted molar refractivity (Wildman–Crippen MR) is 89.8 cm³/mol. The highest BCUT2D eigenvalue weighted by Gasteiger charge is 2.13. The summed E-state index contributed by atoms with van der Waals surface area (Å²) in [5, 5.41) is 9.85. The Labute approximate surface area is 136 Å². The van der Waals surface area contributed by atoms with Gasteiger partial charge < -0.3 is 14.8 Å². The molecule has 5 nitrogen and oxygen atoms in total. The monoisotopic (exact) mass is 400 g/mol. The minimum atomic E-state index is -0.161. The summed E-state index contributed by atoms with van der Waals surface area (Å²) in [5.74, 6) is 1.26. The van der Waals surface area contributed by atoms with E-state index in [4.69, 9.17) is 4.74 Å². The lowest BCUT2D eigenvalue weighted by molar-refractivity contribution is 0.373. The van der Waals surface area contributed by atoms with Crippen molar-refractivity contribution in [3.05, 3.63) is 37.8 Å². The van der Waals surface area contributed by atoms with Gasteiger partial charge in [-0.1, -0.05) is 13.8 Å². The summed E-state index contributed by atoms with van der Waals surface area (Å²) in [6.45, 7) is 4.16. The van der Waals surface area contributed by atoms with Gasteiger partial charge in [-0.25, -0.2) is 4.98 Å². The third-order valence-electron chi connectivity index (χ3n) is 2.99. The highest BCUT2D eigenvalue weighted by atomic mass is 127. The molecule has 0 unspecified atom stereocenters. The second-order valence-electron chi connectivity index (χ2n) is 5.16. The van der Waals surface area contributed by atoms with E-state index < -0.39 is 0 Å². The molecule has 0 atom stereocenters. The number of hydrogen-bond donors (Lipinski definition) is 2. The lowest BCUT2D eigenvalue weighted by atomic mass is 10.1. The first-order valence-corrected chi connectivity index (χ1v) is 7.66. The Bertz CT molecular complexity index is 711. The predicted octanol–water partition coefficient (Wildman–Crippen LogP) is 2.95. The van der Waals surface area contributed by atoms with Crippen molar-refractivity contribution in [2.24, 2.45) is 5.92 Å². The van der Waals surface area contributed by atoms with Gasteiger partial charge in [-0.05, 0) is 53.1 Å². The lowest BCUT2D eigenvalue weighted by Gasteiger charge is -2.10. The molecule has 2 rings (SSSR count). The highest BCUT2D eigenvalue weighted by Crippen LogP contribution is 2.30. The number of rotatable bonds is 4. The molecule has 0 aliphatic carbocycles. The number of H-pyrrole nitrogens is 1. The maximum absolute atomic E-state index is 12.0. The number of hydrogen-bond acceptors (Lipinski definition) is 4. The van der Waals surface area contributed by atoms with Crippen LogP contribution in [0.1, 0.15) is 19.5 Å². The van der Waals surface area contributed by atoms with E-state index in [0.717, 1.165) is 12.1 Å². The molecule has 0 saturated heterocycles. The van der Waals surface area contributed by atoms with Crippen molar-refractivity contribution >= 4 is 22.6 Å². The normalized spacial score (nSPS) is 10.9. The van der Waals surface area contributed by atoms with Crippen LogP contribution in [-0.4, -0.2) is 22.2 Å². The molecule has 2 aromatic rings. The van der Waals surface area contributed by atoms with Gasteiger partial charge in [0.15, 0.2) is 11.5 Å². The fourth-order valence-corrected chi connectivity index (χ4v) is 2.48. The molecule has 0 saturated carbocycles. The Morgan fingerprint density at radius 1 is 1.43 bits per heavy atom. The van der Waals surface area contributed by atoms with Gasteiger partial charge in [0.05, 0.1) is 16.4 Å². The fourth-order valence-electron chi connectivity index (χ4n) is 2.00. The zero-order valence-corrected chi connectivity index (χ0v) is 14.3. The van der Waals surface area contributed by atoms with Gasteiger partial charge >= 0.3 is 0 Å². The lowest BCUT2D eigenvalue weighted by Crippen LogP contribution is -2.17. The molecule has 112 valence electrons. The fraction of sp³-hybridized carbons (Fsp3) is 0.333. The van der Waals surface area contributed by atoms with Gasteiger partial charge in [0.25, 0.3) is 5.56 Å². The molecule has 6 heteroatoms. The summed E-state index contributed by atoms with van der Waals surface area (Å²) in [6, 6.07) is 4.93. The SMILES string of the molecule is COc1ccc(-c2nc(CC(C)C)c(I)c(=O)[nH]2)cc1O. The summed E-state index contributed by atoms with van der Waals surface area (Å²) >= 11 is 2.02. The van der Waals surface area contributed by atoms with Crippen LogP contribution in [-0.2, 0) is 6.42 Å². The highest BCUT2D eigenvalue weighted by molar-refractivity contribution is 14.1. The number of nitrogens with zero attached hydrogens (tertiary/aromatic N) is 1.